The molecule has 0 spiro atoms. The van der Waals surface area contributed by atoms with Gasteiger partial charge in [0.1, 0.15) is 11.6 Å². The third kappa shape index (κ3) is 1.57. The zero-order valence-electron chi connectivity index (χ0n) is 8.22. The second-order valence-corrected chi connectivity index (χ2v) is 3.93. The molecule has 1 unspecified atom stereocenters. The van der Waals surface area contributed by atoms with Crippen molar-refractivity contribution in [3.05, 3.63) is 35.1 Å². The van der Waals surface area contributed by atoms with Crippen LogP contribution in [0.3, 0.4) is 0 Å². The van der Waals surface area contributed by atoms with E-state index < -0.39 is 0 Å². The lowest BCUT2D eigenvalue weighted by atomic mass is 9.93. The predicted octanol–water partition coefficient (Wildman–Crippen LogP) is 2.97. The summed E-state index contributed by atoms with van der Waals surface area (Å²) in [6.45, 7) is 1.79. The van der Waals surface area contributed by atoms with Crippen molar-refractivity contribution in [1.29, 1.82) is 0 Å². The van der Waals surface area contributed by atoms with Crippen molar-refractivity contribution in [2.45, 2.75) is 32.1 Å². The molecule has 1 saturated carbocycles. The highest BCUT2D eigenvalue weighted by Crippen LogP contribution is 2.34. The van der Waals surface area contributed by atoms with Crippen LogP contribution in [0.25, 0.3) is 0 Å². The molecule has 1 aromatic carbocycles. The van der Waals surface area contributed by atoms with Crippen LogP contribution in [0.15, 0.2) is 18.2 Å². The van der Waals surface area contributed by atoms with Crippen molar-refractivity contribution in [2.24, 2.45) is 0 Å². The standard InChI is InChI=1S/C12H13FO/c1-8-11(3-2-4-12(8)13)9-5-6-10(14)7-9/h2-4,9H,5-7H2,1H3. The first-order valence-corrected chi connectivity index (χ1v) is 4.95. The summed E-state index contributed by atoms with van der Waals surface area (Å²) in [5.74, 6) is 0.388. The lowest BCUT2D eigenvalue weighted by Crippen LogP contribution is -1.99. The van der Waals surface area contributed by atoms with Gasteiger partial charge in [0.05, 0.1) is 0 Å². The van der Waals surface area contributed by atoms with E-state index in [1.54, 1.807) is 13.0 Å². The molecule has 0 heterocycles. The SMILES string of the molecule is Cc1c(F)cccc1C1CCC(=O)C1. The number of halogens is 1. The first kappa shape index (κ1) is 9.38. The molecule has 1 atom stereocenters. The minimum absolute atomic E-state index is 0.165. The lowest BCUT2D eigenvalue weighted by molar-refractivity contribution is -0.117. The van der Waals surface area contributed by atoms with Gasteiger partial charge in [-0.1, -0.05) is 12.1 Å². The molecule has 0 amide bonds. The number of ketones is 1. The maximum absolute atomic E-state index is 13.2. The van der Waals surface area contributed by atoms with Crippen LogP contribution in [0, 0.1) is 12.7 Å². The zero-order valence-corrected chi connectivity index (χ0v) is 8.22. The minimum Gasteiger partial charge on any atom is -0.300 e. The summed E-state index contributed by atoms with van der Waals surface area (Å²) >= 11 is 0. The van der Waals surface area contributed by atoms with Gasteiger partial charge in [-0.3, -0.25) is 4.79 Å². The molecule has 1 nitrogen and oxygen atoms in total. The van der Waals surface area contributed by atoms with Crippen molar-refractivity contribution in [1.82, 2.24) is 0 Å². The van der Waals surface area contributed by atoms with Crippen molar-refractivity contribution >= 4 is 5.78 Å². The molecule has 0 N–H and O–H groups in total. The van der Waals surface area contributed by atoms with E-state index in [-0.39, 0.29) is 11.7 Å². The van der Waals surface area contributed by atoms with E-state index in [2.05, 4.69) is 0 Å². The molecule has 0 aromatic heterocycles. The molecule has 1 aromatic rings. The molecular weight excluding hydrogens is 179 g/mol. The molecule has 0 radical (unpaired) electrons. The van der Waals surface area contributed by atoms with E-state index in [4.69, 9.17) is 0 Å². The fourth-order valence-corrected chi connectivity index (χ4v) is 2.15. The quantitative estimate of drug-likeness (QED) is 0.668. The van der Waals surface area contributed by atoms with Crippen LogP contribution in [0.2, 0.25) is 0 Å². The van der Waals surface area contributed by atoms with Crippen LogP contribution < -0.4 is 0 Å². The van der Waals surface area contributed by atoms with Crippen LogP contribution in [0.5, 0.6) is 0 Å². The number of carbonyl (C=O) groups excluding carboxylic acids is 1. The molecule has 0 bridgehead atoms. The topological polar surface area (TPSA) is 17.1 Å². The Morgan fingerprint density at radius 1 is 1.43 bits per heavy atom. The maximum atomic E-state index is 13.2. The van der Waals surface area contributed by atoms with Crippen LogP contribution in [-0.4, -0.2) is 5.78 Å². The Bertz CT molecular complexity index is 371. The Labute approximate surface area is 82.9 Å². The van der Waals surface area contributed by atoms with Crippen molar-refractivity contribution in [2.75, 3.05) is 0 Å². The van der Waals surface area contributed by atoms with Gasteiger partial charge in [0.15, 0.2) is 0 Å². The van der Waals surface area contributed by atoms with Crippen molar-refractivity contribution < 1.29 is 9.18 Å². The van der Waals surface area contributed by atoms with Gasteiger partial charge in [-0.25, -0.2) is 4.39 Å². The molecule has 0 aliphatic heterocycles. The maximum Gasteiger partial charge on any atom is 0.133 e. The van der Waals surface area contributed by atoms with Crippen LogP contribution in [-0.2, 0) is 4.79 Å². The average Bonchev–Trinajstić information content (AvgIpc) is 2.57. The fourth-order valence-electron chi connectivity index (χ4n) is 2.15. The molecular formula is C12H13FO. The van der Waals surface area contributed by atoms with Gasteiger partial charge in [0.2, 0.25) is 0 Å². The number of benzene rings is 1. The minimum atomic E-state index is -0.165. The van der Waals surface area contributed by atoms with Gasteiger partial charge in [-0.2, -0.15) is 0 Å². The number of rotatable bonds is 1. The van der Waals surface area contributed by atoms with Gasteiger partial charge < -0.3 is 0 Å². The highest BCUT2D eigenvalue weighted by molar-refractivity contribution is 5.81. The summed E-state index contributed by atoms with van der Waals surface area (Å²) < 4.78 is 13.2. The van der Waals surface area contributed by atoms with Crippen LogP contribution in [0.4, 0.5) is 4.39 Å². The van der Waals surface area contributed by atoms with E-state index in [0.717, 1.165) is 12.0 Å². The predicted molar refractivity (Wildman–Crippen MR) is 52.7 cm³/mol. The van der Waals surface area contributed by atoms with E-state index >= 15 is 0 Å². The Kier molecular flexibility index (Phi) is 2.36. The van der Waals surface area contributed by atoms with E-state index in [0.29, 0.717) is 24.2 Å². The number of hydrogen-bond donors (Lipinski definition) is 0. The normalized spacial score (nSPS) is 21.6. The number of carbonyl (C=O) groups is 1. The van der Waals surface area contributed by atoms with Gasteiger partial charge in [0, 0.05) is 12.8 Å². The molecule has 74 valence electrons. The molecule has 14 heavy (non-hydrogen) atoms. The summed E-state index contributed by atoms with van der Waals surface area (Å²) in [5, 5.41) is 0. The van der Waals surface area contributed by atoms with Crippen LogP contribution in [0.1, 0.15) is 36.3 Å². The molecule has 1 fully saturated rings. The monoisotopic (exact) mass is 192 g/mol. The van der Waals surface area contributed by atoms with E-state index in [9.17, 15) is 9.18 Å². The summed E-state index contributed by atoms with van der Waals surface area (Å²) in [6, 6.07) is 5.12. The van der Waals surface area contributed by atoms with Gasteiger partial charge in [-0.05, 0) is 36.5 Å². The van der Waals surface area contributed by atoms with Gasteiger partial charge in [0.25, 0.3) is 0 Å². The van der Waals surface area contributed by atoms with Crippen molar-refractivity contribution in [3.63, 3.8) is 0 Å². The summed E-state index contributed by atoms with van der Waals surface area (Å²) in [4.78, 5) is 11.1. The summed E-state index contributed by atoms with van der Waals surface area (Å²) in [7, 11) is 0. The Morgan fingerprint density at radius 3 is 2.86 bits per heavy atom. The first-order chi connectivity index (χ1) is 6.68. The fraction of sp³-hybridized carbons (Fsp3) is 0.417. The molecule has 1 aliphatic rings. The molecule has 0 saturated heterocycles. The number of hydrogen-bond acceptors (Lipinski definition) is 1. The van der Waals surface area contributed by atoms with Crippen molar-refractivity contribution in [3.8, 4) is 0 Å². The Balaban J connectivity index is 2.32. The Hall–Kier alpha value is -1.18. The molecule has 2 heteroatoms. The highest BCUT2D eigenvalue weighted by atomic mass is 19.1. The first-order valence-electron chi connectivity index (χ1n) is 4.95. The largest absolute Gasteiger partial charge is 0.300 e. The number of Topliss-reactive ketones (excluding diaryl/α,β-unsaturated/α-hetero) is 1. The van der Waals surface area contributed by atoms with Gasteiger partial charge in [-0.15, -0.1) is 0 Å². The van der Waals surface area contributed by atoms with E-state index in [1.165, 1.54) is 6.07 Å². The molecule has 2 rings (SSSR count). The van der Waals surface area contributed by atoms with Crippen LogP contribution >= 0.6 is 0 Å². The second-order valence-electron chi connectivity index (χ2n) is 3.93. The van der Waals surface area contributed by atoms with E-state index in [1.807, 2.05) is 6.07 Å². The Morgan fingerprint density at radius 2 is 2.21 bits per heavy atom. The summed E-state index contributed by atoms with van der Waals surface area (Å²) in [6.07, 6.45) is 2.12. The zero-order chi connectivity index (χ0) is 10.1. The lowest BCUT2D eigenvalue weighted by Gasteiger charge is -2.12. The van der Waals surface area contributed by atoms with Gasteiger partial charge >= 0.3 is 0 Å². The average molecular weight is 192 g/mol. The smallest absolute Gasteiger partial charge is 0.133 e. The third-order valence-corrected chi connectivity index (χ3v) is 3.00. The molecule has 1 aliphatic carbocycles. The third-order valence-electron chi connectivity index (χ3n) is 3.00. The highest BCUT2D eigenvalue weighted by Gasteiger charge is 2.25. The summed E-state index contributed by atoms with van der Waals surface area (Å²) in [5.41, 5.74) is 1.71. The second kappa shape index (κ2) is 3.52.